The molecule has 6 rings (SSSR count). The van der Waals surface area contributed by atoms with Crippen LogP contribution in [0.25, 0.3) is 0 Å². The number of carbonyl (C=O) groups is 1. The Labute approximate surface area is 189 Å². The highest BCUT2D eigenvalue weighted by molar-refractivity contribution is 5.94. The van der Waals surface area contributed by atoms with Gasteiger partial charge in [-0.2, -0.15) is 0 Å². The largest absolute Gasteiger partial charge is 0.379 e. The minimum atomic E-state index is -0.332. The lowest BCUT2D eigenvalue weighted by atomic mass is 9.32. The molecule has 1 heterocycles. The van der Waals surface area contributed by atoms with Gasteiger partial charge >= 0.3 is 0 Å². The van der Waals surface area contributed by atoms with E-state index in [1.807, 2.05) is 0 Å². The van der Waals surface area contributed by atoms with Crippen molar-refractivity contribution in [2.24, 2.45) is 39.9 Å². The third-order valence-corrected chi connectivity index (χ3v) is 11.1. The van der Waals surface area contributed by atoms with Gasteiger partial charge in [0.25, 0.3) is 0 Å². The lowest BCUT2D eigenvalue weighted by molar-refractivity contribution is -0.198. The fourth-order valence-electron chi connectivity index (χ4n) is 9.44. The highest BCUT2D eigenvalue weighted by Crippen LogP contribution is 2.74. The summed E-state index contributed by atoms with van der Waals surface area (Å²) < 4.78 is 5.64. The Balaban J connectivity index is 1.65. The number of morpholine rings is 1. The molecule has 172 valence electrons. The topological polar surface area (TPSA) is 29.5 Å². The monoisotopic (exact) mass is 425 g/mol. The Bertz CT molecular complexity index is 782. The first-order chi connectivity index (χ1) is 14.8. The van der Waals surface area contributed by atoms with Gasteiger partial charge in [-0.3, -0.25) is 9.69 Å². The first kappa shape index (κ1) is 21.9. The van der Waals surface area contributed by atoms with Gasteiger partial charge in [0.05, 0.1) is 18.6 Å². The normalized spacial score (nSPS) is 47.9. The molecule has 5 saturated carbocycles. The quantitative estimate of drug-likeness (QED) is 0.582. The van der Waals surface area contributed by atoms with Crippen LogP contribution >= 0.6 is 0 Å². The number of ether oxygens (including phenoxy) is 1. The van der Waals surface area contributed by atoms with Crippen molar-refractivity contribution in [3.8, 4) is 0 Å². The van der Waals surface area contributed by atoms with Crippen LogP contribution in [0, 0.1) is 39.9 Å². The van der Waals surface area contributed by atoms with E-state index in [1.165, 1.54) is 44.1 Å². The van der Waals surface area contributed by atoms with Crippen LogP contribution in [0.5, 0.6) is 0 Å². The van der Waals surface area contributed by atoms with Crippen LogP contribution in [0.4, 0.5) is 0 Å². The predicted molar refractivity (Wildman–Crippen MR) is 126 cm³/mol. The minimum absolute atomic E-state index is 0.124. The average molecular weight is 426 g/mol. The fraction of sp³-hybridized carbons (Fsp3) is 0.821. The van der Waals surface area contributed by atoms with Crippen LogP contribution in [0.3, 0.4) is 0 Å². The van der Waals surface area contributed by atoms with E-state index in [0.717, 1.165) is 51.3 Å². The molecule has 3 nitrogen and oxygen atoms in total. The second-order valence-electron chi connectivity index (χ2n) is 11.8. The van der Waals surface area contributed by atoms with Crippen molar-refractivity contribution in [1.82, 2.24) is 4.90 Å². The summed E-state index contributed by atoms with van der Waals surface area (Å²) in [5, 5.41) is 0. The predicted octanol–water partition coefficient (Wildman–Crippen LogP) is 5.66. The van der Waals surface area contributed by atoms with E-state index in [1.54, 1.807) is 0 Å². The zero-order valence-electron chi connectivity index (χ0n) is 20.2. The Morgan fingerprint density at radius 3 is 2.52 bits per heavy atom. The van der Waals surface area contributed by atoms with E-state index in [2.05, 4.69) is 38.8 Å². The van der Waals surface area contributed by atoms with E-state index < -0.39 is 0 Å². The lowest BCUT2D eigenvalue weighted by Crippen LogP contribution is -2.69. The van der Waals surface area contributed by atoms with Gasteiger partial charge < -0.3 is 4.74 Å². The molecule has 5 aliphatic carbocycles. The smallest absolute Gasteiger partial charge is 0.148 e. The molecule has 1 aliphatic heterocycles. The molecule has 3 unspecified atom stereocenters. The number of ketones is 1. The molecule has 0 radical (unpaired) electrons. The highest BCUT2D eigenvalue weighted by Gasteiger charge is 2.71. The van der Waals surface area contributed by atoms with Gasteiger partial charge in [-0.05, 0) is 78.3 Å². The number of nitrogens with zero attached hydrogens (tertiary/aromatic N) is 1. The van der Waals surface area contributed by atoms with Gasteiger partial charge in [-0.1, -0.05) is 46.8 Å². The highest BCUT2D eigenvalue weighted by atomic mass is 16.5. The van der Waals surface area contributed by atoms with Gasteiger partial charge in [0.2, 0.25) is 0 Å². The van der Waals surface area contributed by atoms with Crippen LogP contribution in [-0.4, -0.2) is 43.5 Å². The van der Waals surface area contributed by atoms with Crippen LogP contribution in [0.15, 0.2) is 24.3 Å². The lowest BCUT2D eigenvalue weighted by Gasteiger charge is -2.70. The Hall–Kier alpha value is -0.930. The molecule has 7 atom stereocenters. The van der Waals surface area contributed by atoms with Crippen molar-refractivity contribution < 1.29 is 9.53 Å². The van der Waals surface area contributed by atoms with Crippen molar-refractivity contribution in [2.45, 2.75) is 72.1 Å². The van der Waals surface area contributed by atoms with Crippen molar-refractivity contribution in [3.63, 3.8) is 0 Å². The molecule has 0 aromatic carbocycles. The SMILES string of the molecule is C=C1C(=C)[C@]23CC[C@H]1CC2[C@]1(CC)CCC[C@@](C)(CC)C1C(CN1CCOCC1)C3=O. The molecule has 0 aromatic rings. The maximum absolute atomic E-state index is 14.7. The molecule has 6 fully saturated rings. The molecule has 0 N–H and O–H groups in total. The summed E-state index contributed by atoms with van der Waals surface area (Å²) in [5.74, 6) is 2.20. The number of Topliss-reactive ketones (excluding diaryl/α,β-unsaturated/α-hetero) is 1. The van der Waals surface area contributed by atoms with Crippen molar-refractivity contribution in [2.75, 3.05) is 32.8 Å². The standard InChI is InChI=1S/C28H43NO2/c1-6-26(5)10-8-11-27(7-2)23-17-21-9-12-28(23,20(4)19(21)3)25(30)22(24(26)27)18-29-13-15-31-16-14-29/h21-24H,3-4,6-18H2,1-2,5H3/t21-,22?,23?,24?,26+,27-,28+/m0/s1. The summed E-state index contributed by atoms with van der Waals surface area (Å²) in [6.45, 7) is 20.8. The van der Waals surface area contributed by atoms with E-state index >= 15 is 0 Å². The molecular weight excluding hydrogens is 382 g/mol. The second kappa shape index (κ2) is 7.55. The number of allylic oxidation sites excluding steroid dienone is 2. The number of rotatable bonds is 4. The second-order valence-corrected chi connectivity index (χ2v) is 11.8. The van der Waals surface area contributed by atoms with E-state index in [9.17, 15) is 4.79 Å². The Morgan fingerprint density at radius 2 is 1.84 bits per heavy atom. The summed E-state index contributed by atoms with van der Waals surface area (Å²) >= 11 is 0. The zero-order chi connectivity index (χ0) is 22.0. The van der Waals surface area contributed by atoms with Gasteiger partial charge in [0, 0.05) is 25.6 Å². The fourth-order valence-corrected chi connectivity index (χ4v) is 9.44. The number of carbonyl (C=O) groups excluding carboxylic acids is 1. The summed E-state index contributed by atoms with van der Waals surface area (Å²) in [6, 6.07) is 0. The zero-order valence-corrected chi connectivity index (χ0v) is 20.2. The molecule has 1 spiro atoms. The molecule has 0 amide bonds. The number of hydrogen-bond donors (Lipinski definition) is 0. The van der Waals surface area contributed by atoms with Gasteiger partial charge in [-0.15, -0.1) is 0 Å². The molecule has 2 bridgehead atoms. The average Bonchev–Trinajstić information content (AvgIpc) is 2.80. The Morgan fingerprint density at radius 1 is 1.10 bits per heavy atom. The molecule has 6 aliphatic rings. The summed E-state index contributed by atoms with van der Waals surface area (Å²) in [7, 11) is 0. The van der Waals surface area contributed by atoms with Crippen molar-refractivity contribution in [1.29, 1.82) is 0 Å². The van der Waals surface area contributed by atoms with Crippen LogP contribution in [0.1, 0.15) is 72.1 Å². The first-order valence-corrected chi connectivity index (χ1v) is 13.1. The summed E-state index contributed by atoms with van der Waals surface area (Å²) in [6.07, 6.45) is 9.63. The molecule has 3 heteroatoms. The minimum Gasteiger partial charge on any atom is -0.379 e. The summed E-state index contributed by atoms with van der Waals surface area (Å²) in [4.78, 5) is 17.3. The number of hydrogen-bond acceptors (Lipinski definition) is 3. The van der Waals surface area contributed by atoms with E-state index in [4.69, 9.17) is 4.74 Å². The van der Waals surface area contributed by atoms with Crippen molar-refractivity contribution in [3.05, 3.63) is 24.3 Å². The number of fused-ring (bicyclic) bond motifs is 3. The van der Waals surface area contributed by atoms with Crippen molar-refractivity contribution >= 4 is 5.78 Å². The third-order valence-electron chi connectivity index (χ3n) is 11.1. The molecule has 1 saturated heterocycles. The Kier molecular flexibility index (Phi) is 5.33. The van der Waals surface area contributed by atoms with Crippen LogP contribution in [-0.2, 0) is 9.53 Å². The molecule has 0 aromatic heterocycles. The molecular formula is C28H43NO2. The van der Waals surface area contributed by atoms with E-state index in [0.29, 0.717) is 23.5 Å². The van der Waals surface area contributed by atoms with Gasteiger partial charge in [0.1, 0.15) is 5.78 Å². The maximum atomic E-state index is 14.7. The summed E-state index contributed by atoms with van der Waals surface area (Å²) in [5.41, 5.74) is 2.54. The van der Waals surface area contributed by atoms with Crippen LogP contribution in [0.2, 0.25) is 0 Å². The maximum Gasteiger partial charge on any atom is 0.148 e. The third kappa shape index (κ3) is 2.81. The first-order valence-electron chi connectivity index (χ1n) is 13.1. The molecule has 31 heavy (non-hydrogen) atoms. The van der Waals surface area contributed by atoms with E-state index in [-0.39, 0.29) is 22.2 Å². The van der Waals surface area contributed by atoms with Gasteiger partial charge in [0.15, 0.2) is 0 Å². The van der Waals surface area contributed by atoms with Crippen LogP contribution < -0.4 is 0 Å². The van der Waals surface area contributed by atoms with Gasteiger partial charge in [-0.25, -0.2) is 0 Å².